The summed E-state index contributed by atoms with van der Waals surface area (Å²) in [6.07, 6.45) is 0.809. The second-order valence-corrected chi connectivity index (χ2v) is 9.88. The van der Waals surface area contributed by atoms with Crippen LogP contribution in [0.25, 0.3) is 0 Å². The molecule has 0 saturated carbocycles. The Morgan fingerprint density at radius 1 is 1.09 bits per heavy atom. The zero-order chi connectivity index (χ0) is 22.6. The van der Waals surface area contributed by atoms with E-state index >= 15 is 0 Å². The number of benzene rings is 3. The van der Waals surface area contributed by atoms with Crippen molar-refractivity contribution in [2.75, 3.05) is 12.4 Å². The summed E-state index contributed by atoms with van der Waals surface area (Å²) in [5.74, 6) is 2.55. The first-order chi connectivity index (χ1) is 15.4. The van der Waals surface area contributed by atoms with Crippen LogP contribution in [0.1, 0.15) is 37.4 Å². The summed E-state index contributed by atoms with van der Waals surface area (Å²) in [6.45, 7) is 4.18. The van der Waals surface area contributed by atoms with Gasteiger partial charge in [0.25, 0.3) is 0 Å². The van der Waals surface area contributed by atoms with E-state index in [0.29, 0.717) is 5.11 Å². The van der Waals surface area contributed by atoms with Crippen LogP contribution in [0.5, 0.6) is 11.5 Å². The van der Waals surface area contributed by atoms with Gasteiger partial charge in [0.05, 0.1) is 13.2 Å². The highest BCUT2D eigenvalue weighted by Gasteiger charge is 2.34. The number of ether oxygens (including phenoxy) is 2. The van der Waals surface area contributed by atoms with Crippen molar-refractivity contribution in [2.24, 2.45) is 0 Å². The molecule has 3 aromatic carbocycles. The minimum atomic E-state index is -0.301. The molecule has 1 heterocycles. The molecule has 0 amide bonds. The molecule has 2 N–H and O–H groups in total. The maximum absolute atomic E-state index is 6.17. The van der Waals surface area contributed by atoms with Crippen molar-refractivity contribution in [2.45, 2.75) is 42.6 Å². The molecule has 32 heavy (non-hydrogen) atoms. The molecule has 1 aliphatic rings. The lowest BCUT2D eigenvalue weighted by molar-refractivity contribution is 0.0693. The monoisotopic (exact) mass is 464 g/mol. The molecular formula is C26H28N2O2S2. The van der Waals surface area contributed by atoms with Crippen LogP contribution in [-0.2, 0) is 5.75 Å². The van der Waals surface area contributed by atoms with Gasteiger partial charge in [-0.3, -0.25) is 0 Å². The summed E-state index contributed by atoms with van der Waals surface area (Å²) >= 11 is 7.46. The summed E-state index contributed by atoms with van der Waals surface area (Å²) in [4.78, 5) is 1.28. The maximum Gasteiger partial charge on any atom is 0.171 e. The highest BCUT2D eigenvalue weighted by Crippen LogP contribution is 2.41. The lowest BCUT2D eigenvalue weighted by atomic mass is 9.89. The van der Waals surface area contributed by atoms with E-state index in [-0.39, 0.29) is 11.6 Å². The molecule has 0 fully saturated rings. The first-order valence-corrected chi connectivity index (χ1v) is 12.0. The van der Waals surface area contributed by atoms with Gasteiger partial charge in [0, 0.05) is 34.4 Å². The van der Waals surface area contributed by atoms with Gasteiger partial charge in [-0.05, 0) is 68.0 Å². The first kappa shape index (κ1) is 22.5. The third-order valence-corrected chi connectivity index (χ3v) is 6.65. The van der Waals surface area contributed by atoms with Crippen LogP contribution in [0.15, 0.2) is 77.7 Å². The summed E-state index contributed by atoms with van der Waals surface area (Å²) < 4.78 is 11.5. The van der Waals surface area contributed by atoms with E-state index in [2.05, 4.69) is 73.0 Å². The van der Waals surface area contributed by atoms with E-state index in [4.69, 9.17) is 21.7 Å². The molecule has 4 rings (SSSR count). The second kappa shape index (κ2) is 9.84. The van der Waals surface area contributed by atoms with Crippen LogP contribution in [0.4, 0.5) is 5.69 Å². The molecule has 0 aliphatic carbocycles. The Labute approximate surface area is 199 Å². The number of anilines is 1. The van der Waals surface area contributed by atoms with Crippen molar-refractivity contribution in [1.29, 1.82) is 0 Å². The molecule has 4 nitrogen and oxygen atoms in total. The number of thioether (sulfide) groups is 1. The Morgan fingerprint density at radius 3 is 2.56 bits per heavy atom. The molecule has 0 aromatic heterocycles. The molecule has 3 aromatic rings. The number of hydrogen-bond donors (Lipinski definition) is 2. The van der Waals surface area contributed by atoms with Crippen molar-refractivity contribution in [3.8, 4) is 11.5 Å². The molecule has 0 radical (unpaired) electrons. The fourth-order valence-electron chi connectivity index (χ4n) is 3.78. The van der Waals surface area contributed by atoms with Gasteiger partial charge in [0.15, 0.2) is 5.11 Å². The summed E-state index contributed by atoms with van der Waals surface area (Å²) in [7, 11) is 1.66. The van der Waals surface area contributed by atoms with Crippen molar-refractivity contribution >= 4 is 34.8 Å². The Bertz CT molecular complexity index is 1070. The van der Waals surface area contributed by atoms with Crippen LogP contribution in [0.2, 0.25) is 0 Å². The quantitative estimate of drug-likeness (QED) is 0.317. The molecule has 166 valence electrons. The smallest absolute Gasteiger partial charge is 0.171 e. The average Bonchev–Trinajstić information content (AvgIpc) is 2.78. The fourth-order valence-corrected chi connectivity index (χ4v) is 4.92. The lowest BCUT2D eigenvalue weighted by Crippen LogP contribution is -2.42. The first-order valence-electron chi connectivity index (χ1n) is 10.6. The number of thiocarbonyl (C=S) groups is 1. The Balaban J connectivity index is 1.37. The topological polar surface area (TPSA) is 42.5 Å². The zero-order valence-corrected chi connectivity index (χ0v) is 20.2. The van der Waals surface area contributed by atoms with Crippen LogP contribution in [-0.4, -0.2) is 17.8 Å². The van der Waals surface area contributed by atoms with E-state index in [1.807, 2.05) is 36.0 Å². The molecule has 0 spiro atoms. The molecular weight excluding hydrogens is 436 g/mol. The highest BCUT2D eigenvalue weighted by atomic mass is 32.2. The molecule has 0 bridgehead atoms. The highest BCUT2D eigenvalue weighted by molar-refractivity contribution is 7.98. The number of hydrogen-bond acceptors (Lipinski definition) is 4. The van der Waals surface area contributed by atoms with Crippen LogP contribution >= 0.6 is 24.0 Å². The van der Waals surface area contributed by atoms with E-state index in [9.17, 15) is 0 Å². The van der Waals surface area contributed by atoms with Gasteiger partial charge in [-0.25, -0.2) is 0 Å². The normalized spacial score (nSPS) is 16.4. The van der Waals surface area contributed by atoms with Gasteiger partial charge < -0.3 is 20.1 Å². The molecule has 1 aliphatic heterocycles. The Kier molecular flexibility index (Phi) is 6.92. The summed E-state index contributed by atoms with van der Waals surface area (Å²) in [5.41, 5.74) is 3.03. The molecule has 1 atom stereocenters. The third-order valence-electron chi connectivity index (χ3n) is 5.34. The predicted octanol–water partition coefficient (Wildman–Crippen LogP) is 6.58. The Morgan fingerprint density at radius 2 is 1.84 bits per heavy atom. The summed E-state index contributed by atoms with van der Waals surface area (Å²) in [6, 6.07) is 24.9. The maximum atomic E-state index is 6.17. The van der Waals surface area contributed by atoms with E-state index in [0.717, 1.165) is 34.9 Å². The largest absolute Gasteiger partial charge is 0.497 e. The number of fused-ring (bicyclic) bond motifs is 1. The average molecular weight is 465 g/mol. The number of nitrogens with one attached hydrogen (secondary N) is 2. The number of rotatable bonds is 6. The van der Waals surface area contributed by atoms with E-state index in [1.54, 1.807) is 7.11 Å². The zero-order valence-electron chi connectivity index (χ0n) is 18.6. The van der Waals surface area contributed by atoms with Crippen LogP contribution in [0, 0.1) is 0 Å². The van der Waals surface area contributed by atoms with Gasteiger partial charge in [0.2, 0.25) is 0 Å². The van der Waals surface area contributed by atoms with Crippen molar-refractivity contribution in [1.82, 2.24) is 5.32 Å². The van der Waals surface area contributed by atoms with Gasteiger partial charge in [-0.15, -0.1) is 11.8 Å². The summed E-state index contributed by atoms with van der Waals surface area (Å²) in [5, 5.41) is 7.39. The van der Waals surface area contributed by atoms with Gasteiger partial charge in [-0.2, -0.15) is 0 Å². The van der Waals surface area contributed by atoms with Gasteiger partial charge >= 0.3 is 0 Å². The predicted molar refractivity (Wildman–Crippen MR) is 137 cm³/mol. The second-order valence-electron chi connectivity index (χ2n) is 8.42. The lowest BCUT2D eigenvalue weighted by Gasteiger charge is -2.38. The molecule has 0 saturated heterocycles. The Hall–Kier alpha value is -2.70. The van der Waals surface area contributed by atoms with Crippen molar-refractivity contribution in [3.05, 3.63) is 83.9 Å². The SMILES string of the molecule is COc1ccc2c(c1)OC(C)(C)CC2NC(=S)Nc1ccc(CSc2ccccc2)cc1. The standard InChI is InChI=1S/C26H28N2O2S2/c1-26(2)16-23(22-14-13-20(29-3)15-24(22)30-26)28-25(31)27-19-11-9-18(10-12-19)17-32-21-7-5-4-6-8-21/h4-15,23H,16-17H2,1-3H3,(H2,27,28,31). The van der Waals surface area contributed by atoms with Gasteiger partial charge in [-0.1, -0.05) is 30.3 Å². The minimum absolute atomic E-state index is 0.0567. The van der Waals surface area contributed by atoms with Crippen LogP contribution < -0.4 is 20.1 Å². The fraction of sp³-hybridized carbons (Fsp3) is 0.269. The molecule has 1 unspecified atom stereocenters. The van der Waals surface area contributed by atoms with E-state index < -0.39 is 0 Å². The van der Waals surface area contributed by atoms with Crippen LogP contribution in [0.3, 0.4) is 0 Å². The van der Waals surface area contributed by atoms with Gasteiger partial charge in [0.1, 0.15) is 17.1 Å². The molecule has 6 heteroatoms. The number of methoxy groups -OCH3 is 1. The minimum Gasteiger partial charge on any atom is -0.497 e. The van der Waals surface area contributed by atoms with Crippen molar-refractivity contribution < 1.29 is 9.47 Å². The van der Waals surface area contributed by atoms with E-state index in [1.165, 1.54) is 10.5 Å². The van der Waals surface area contributed by atoms with Crippen molar-refractivity contribution in [3.63, 3.8) is 0 Å². The third kappa shape index (κ3) is 5.75.